The number of carbonyl (C=O) groups excluding carboxylic acids is 1. The molecule has 0 aliphatic carbocycles. The normalized spacial score (nSPS) is 11.0. The van der Waals surface area contributed by atoms with Crippen LogP contribution in [-0.4, -0.2) is 36.6 Å². The van der Waals surface area contributed by atoms with Crippen molar-refractivity contribution in [3.63, 3.8) is 0 Å². The van der Waals surface area contributed by atoms with Crippen LogP contribution in [-0.2, 0) is 13.6 Å². The van der Waals surface area contributed by atoms with E-state index >= 15 is 0 Å². The molecule has 0 fully saturated rings. The van der Waals surface area contributed by atoms with Gasteiger partial charge in [0.1, 0.15) is 6.20 Å². The fourth-order valence-electron chi connectivity index (χ4n) is 1.68. The third kappa shape index (κ3) is 2.97. The first-order valence-electron chi connectivity index (χ1n) is 6.16. The van der Waals surface area contributed by atoms with Gasteiger partial charge in [0.15, 0.2) is 0 Å². The first-order chi connectivity index (χ1) is 10.4. The molecule has 2 rings (SSSR count). The Kier molecular flexibility index (Phi) is 4.25. The summed E-state index contributed by atoms with van der Waals surface area (Å²) >= 11 is 0. The zero-order valence-corrected chi connectivity index (χ0v) is 11.7. The van der Waals surface area contributed by atoms with Crippen molar-refractivity contribution in [2.45, 2.75) is 13.5 Å². The molecule has 116 valence electrons. The molecule has 2 heterocycles. The van der Waals surface area contributed by atoms with E-state index in [-0.39, 0.29) is 11.3 Å². The number of aromatic nitrogens is 4. The number of rotatable bonds is 5. The second kappa shape index (κ2) is 6.11. The summed E-state index contributed by atoms with van der Waals surface area (Å²) in [7, 11) is 1.45. The van der Waals surface area contributed by atoms with Crippen LogP contribution in [0.5, 0.6) is 0 Å². The summed E-state index contributed by atoms with van der Waals surface area (Å²) in [5, 5.41) is 21.8. The van der Waals surface area contributed by atoms with Crippen LogP contribution in [0.15, 0.2) is 17.5 Å². The fourth-order valence-corrected chi connectivity index (χ4v) is 1.68. The van der Waals surface area contributed by atoms with Crippen LogP contribution < -0.4 is 5.43 Å². The van der Waals surface area contributed by atoms with Crippen LogP contribution in [0.1, 0.15) is 23.0 Å². The average molecular weight is 309 g/mol. The van der Waals surface area contributed by atoms with Gasteiger partial charge in [0.2, 0.25) is 11.6 Å². The maximum Gasteiger partial charge on any atom is 0.320 e. The number of hydrogen-bond donors (Lipinski definition) is 1. The maximum absolute atomic E-state index is 13.6. The minimum absolute atomic E-state index is 0.0812. The Hall–Kier alpha value is -3.11. The van der Waals surface area contributed by atoms with Crippen molar-refractivity contribution in [2.24, 2.45) is 12.1 Å². The van der Waals surface area contributed by atoms with Crippen LogP contribution in [0.25, 0.3) is 0 Å². The third-order valence-corrected chi connectivity index (χ3v) is 2.69. The van der Waals surface area contributed by atoms with Crippen LogP contribution in [0.2, 0.25) is 0 Å². The molecule has 1 amide bonds. The summed E-state index contributed by atoms with van der Waals surface area (Å²) in [5.41, 5.74) is 1.31. The number of nitrogens with one attached hydrogen (secondary N) is 1. The van der Waals surface area contributed by atoms with E-state index in [0.717, 1.165) is 21.8 Å². The number of nitrogens with zero attached hydrogens (tertiary/aromatic N) is 6. The highest BCUT2D eigenvalue weighted by molar-refractivity contribution is 5.96. The predicted octanol–water partition coefficient (Wildman–Crippen LogP) is 0.448. The predicted molar refractivity (Wildman–Crippen MR) is 72.8 cm³/mol. The van der Waals surface area contributed by atoms with E-state index in [1.165, 1.54) is 13.2 Å². The molecule has 0 bridgehead atoms. The lowest BCUT2D eigenvalue weighted by Gasteiger charge is -1.96. The fraction of sp³-hybridized carbons (Fsp3) is 0.273. The zero-order valence-electron chi connectivity index (χ0n) is 11.7. The summed E-state index contributed by atoms with van der Waals surface area (Å²) in [6, 6.07) is 0. The summed E-state index contributed by atoms with van der Waals surface area (Å²) in [4.78, 5) is 21.9. The van der Waals surface area contributed by atoms with E-state index in [1.807, 2.05) is 0 Å². The quantitative estimate of drug-likeness (QED) is 0.488. The van der Waals surface area contributed by atoms with Crippen molar-refractivity contribution in [1.29, 1.82) is 0 Å². The first kappa shape index (κ1) is 15.3. The molecule has 2 aromatic heterocycles. The van der Waals surface area contributed by atoms with Gasteiger partial charge in [0.25, 0.3) is 5.91 Å². The number of halogens is 1. The van der Waals surface area contributed by atoms with Crippen LogP contribution in [0.3, 0.4) is 0 Å². The Balaban J connectivity index is 2.11. The highest BCUT2D eigenvalue weighted by atomic mass is 19.1. The van der Waals surface area contributed by atoms with Gasteiger partial charge in [-0.1, -0.05) is 0 Å². The Morgan fingerprint density at radius 3 is 2.95 bits per heavy atom. The van der Waals surface area contributed by atoms with Crippen LogP contribution >= 0.6 is 0 Å². The molecular weight excluding hydrogens is 297 g/mol. The van der Waals surface area contributed by atoms with Gasteiger partial charge >= 0.3 is 5.69 Å². The van der Waals surface area contributed by atoms with Gasteiger partial charge in [-0.2, -0.15) is 19.7 Å². The van der Waals surface area contributed by atoms with Gasteiger partial charge in [-0.3, -0.25) is 19.6 Å². The Morgan fingerprint density at radius 2 is 2.36 bits per heavy atom. The number of carbonyl (C=O) groups is 1. The van der Waals surface area contributed by atoms with E-state index in [2.05, 4.69) is 20.7 Å². The summed E-state index contributed by atoms with van der Waals surface area (Å²) in [6.45, 7) is 2.07. The van der Waals surface area contributed by atoms with Gasteiger partial charge in [-0.05, 0) is 6.92 Å². The zero-order chi connectivity index (χ0) is 16.3. The van der Waals surface area contributed by atoms with Crippen molar-refractivity contribution < 1.29 is 14.1 Å². The minimum Gasteiger partial charge on any atom is -0.268 e. The lowest BCUT2D eigenvalue weighted by Crippen LogP contribution is -2.19. The molecule has 22 heavy (non-hydrogen) atoms. The summed E-state index contributed by atoms with van der Waals surface area (Å²) in [5.74, 6) is -1.46. The standard InChI is InChI=1S/C11H12FN7O3/c1-3-18-10(12)7(5-14-18)4-13-15-11(20)9-8(19(21)22)6-17(2)16-9/h4-6H,3H2,1-2H3,(H,15,20). The van der Waals surface area contributed by atoms with Gasteiger partial charge < -0.3 is 0 Å². The molecule has 0 spiro atoms. The monoisotopic (exact) mass is 309 g/mol. The van der Waals surface area contributed by atoms with E-state index in [0.29, 0.717) is 6.54 Å². The molecule has 0 aromatic carbocycles. The smallest absolute Gasteiger partial charge is 0.268 e. The second-order valence-corrected chi connectivity index (χ2v) is 4.20. The summed E-state index contributed by atoms with van der Waals surface area (Å²) < 4.78 is 15.9. The Bertz CT molecular complexity index is 749. The molecule has 0 radical (unpaired) electrons. The average Bonchev–Trinajstić information content (AvgIpc) is 3.03. The molecule has 0 aliphatic heterocycles. The van der Waals surface area contributed by atoms with Crippen molar-refractivity contribution in [1.82, 2.24) is 25.0 Å². The van der Waals surface area contributed by atoms with E-state index in [1.54, 1.807) is 6.92 Å². The lowest BCUT2D eigenvalue weighted by molar-refractivity contribution is -0.385. The lowest BCUT2D eigenvalue weighted by atomic mass is 10.3. The number of hydrogen-bond acceptors (Lipinski definition) is 6. The number of nitro groups is 1. The molecule has 0 saturated carbocycles. The molecule has 0 atom stereocenters. The topological polar surface area (TPSA) is 120 Å². The maximum atomic E-state index is 13.6. The molecule has 1 N–H and O–H groups in total. The van der Waals surface area contributed by atoms with E-state index < -0.39 is 22.5 Å². The van der Waals surface area contributed by atoms with Crippen molar-refractivity contribution in [3.05, 3.63) is 39.7 Å². The molecule has 10 nitrogen and oxygen atoms in total. The molecule has 0 saturated heterocycles. The minimum atomic E-state index is -0.869. The SMILES string of the molecule is CCn1ncc(C=NNC(=O)c2nn(C)cc2[N+](=O)[O-])c1F. The third-order valence-electron chi connectivity index (χ3n) is 2.69. The highest BCUT2D eigenvalue weighted by Crippen LogP contribution is 2.15. The van der Waals surface area contributed by atoms with Gasteiger partial charge in [0, 0.05) is 13.6 Å². The van der Waals surface area contributed by atoms with Crippen LogP contribution in [0.4, 0.5) is 10.1 Å². The largest absolute Gasteiger partial charge is 0.320 e. The number of amides is 1. The van der Waals surface area contributed by atoms with Gasteiger partial charge in [-0.15, -0.1) is 0 Å². The molecule has 2 aromatic rings. The van der Waals surface area contributed by atoms with Crippen LogP contribution in [0, 0.1) is 16.1 Å². The number of hydrazone groups is 1. The van der Waals surface area contributed by atoms with Crippen molar-refractivity contribution >= 4 is 17.8 Å². The van der Waals surface area contributed by atoms with E-state index in [4.69, 9.17) is 0 Å². The first-order valence-corrected chi connectivity index (χ1v) is 6.16. The number of aryl methyl sites for hydroxylation is 2. The van der Waals surface area contributed by atoms with E-state index in [9.17, 15) is 19.3 Å². The molecule has 0 aliphatic rings. The van der Waals surface area contributed by atoms with Crippen molar-refractivity contribution in [3.8, 4) is 0 Å². The van der Waals surface area contributed by atoms with Gasteiger partial charge in [-0.25, -0.2) is 10.1 Å². The molecular formula is C11H12FN7O3. The molecule has 11 heteroatoms. The van der Waals surface area contributed by atoms with Crippen molar-refractivity contribution in [2.75, 3.05) is 0 Å². The Morgan fingerprint density at radius 1 is 1.64 bits per heavy atom. The Labute approximate surface area is 123 Å². The second-order valence-electron chi connectivity index (χ2n) is 4.20. The van der Waals surface area contributed by atoms with Gasteiger partial charge in [0.05, 0.1) is 22.9 Å². The highest BCUT2D eigenvalue weighted by Gasteiger charge is 2.24. The molecule has 0 unspecified atom stereocenters. The summed E-state index contributed by atoms with van der Waals surface area (Å²) in [6.07, 6.45) is 3.41.